The van der Waals surface area contributed by atoms with Gasteiger partial charge in [-0.05, 0) is 54.2 Å². The Morgan fingerprint density at radius 2 is 1.82 bits per heavy atom. The molecule has 6 rings (SSSR count). The van der Waals surface area contributed by atoms with Crippen molar-refractivity contribution in [2.75, 3.05) is 32.4 Å². The molecule has 0 unspecified atom stereocenters. The topological polar surface area (TPSA) is 75.5 Å². The molecule has 2 aromatic heterocycles. The zero-order valence-corrected chi connectivity index (χ0v) is 24.6. The second kappa shape index (κ2) is 10.6. The highest BCUT2D eigenvalue weighted by Crippen LogP contribution is 2.37. The first-order chi connectivity index (χ1) is 18.7. The molecule has 0 radical (unpaired) electrons. The Kier molecular flexibility index (Phi) is 7.33. The van der Waals surface area contributed by atoms with E-state index >= 15 is 0 Å². The van der Waals surface area contributed by atoms with Crippen LogP contribution < -0.4 is 5.56 Å². The summed E-state index contributed by atoms with van der Waals surface area (Å²) in [7, 11) is -3.12. The third-order valence-electron chi connectivity index (χ3n) is 7.73. The molecule has 1 atom stereocenters. The predicted octanol–water partition coefficient (Wildman–Crippen LogP) is 5.24. The zero-order chi connectivity index (χ0) is 27.3. The smallest absolute Gasteiger partial charge is 0.271 e. The van der Waals surface area contributed by atoms with Crippen molar-refractivity contribution in [3.63, 3.8) is 0 Å². The number of hydrogen-bond donors (Lipinski definition) is 0. The number of sulfonamides is 1. The minimum absolute atomic E-state index is 0.0142. The van der Waals surface area contributed by atoms with E-state index in [0.717, 1.165) is 49.3 Å². The molecule has 0 spiro atoms. The van der Waals surface area contributed by atoms with E-state index in [1.807, 2.05) is 12.1 Å². The number of piperazine rings is 1. The molecule has 39 heavy (non-hydrogen) atoms. The van der Waals surface area contributed by atoms with Crippen LogP contribution in [0.1, 0.15) is 29.2 Å². The molecule has 2 aliphatic rings. The van der Waals surface area contributed by atoms with Gasteiger partial charge in [0.05, 0.1) is 23.1 Å². The highest BCUT2D eigenvalue weighted by molar-refractivity contribution is 7.88. The van der Waals surface area contributed by atoms with Crippen LogP contribution in [0.5, 0.6) is 0 Å². The van der Waals surface area contributed by atoms with Gasteiger partial charge in [0.25, 0.3) is 5.56 Å². The molecular weight excluding hydrogens is 575 g/mol. The number of benzene rings is 2. The molecule has 3 heterocycles. The number of aromatic nitrogens is 2. The average molecular weight is 604 g/mol. The van der Waals surface area contributed by atoms with E-state index in [2.05, 4.69) is 28.1 Å². The fourth-order valence-electron chi connectivity index (χ4n) is 5.61. The summed E-state index contributed by atoms with van der Waals surface area (Å²) in [5, 5.41) is 1.12. The van der Waals surface area contributed by atoms with E-state index in [1.165, 1.54) is 34.3 Å². The highest BCUT2D eigenvalue weighted by Gasteiger charge is 2.25. The summed E-state index contributed by atoms with van der Waals surface area (Å²) in [6.45, 7) is 3.36. The molecule has 1 fully saturated rings. The Labute approximate surface area is 241 Å². The van der Waals surface area contributed by atoms with Gasteiger partial charge in [0.2, 0.25) is 10.0 Å². The lowest BCUT2D eigenvalue weighted by Crippen LogP contribution is -2.47. The molecule has 1 saturated heterocycles. The predicted molar refractivity (Wildman–Crippen MR) is 159 cm³/mol. The Bertz CT molecular complexity index is 1730. The van der Waals surface area contributed by atoms with Crippen LogP contribution in [0.4, 0.5) is 0 Å². The minimum Gasteiger partial charge on any atom is -0.296 e. The minimum atomic E-state index is -3.12. The first-order valence-electron chi connectivity index (χ1n) is 12.9. The zero-order valence-electron chi connectivity index (χ0n) is 21.4. The van der Waals surface area contributed by atoms with Crippen molar-refractivity contribution in [2.45, 2.75) is 31.8 Å². The Balaban J connectivity index is 1.18. The summed E-state index contributed by atoms with van der Waals surface area (Å²) in [5.74, 6) is 0. The van der Waals surface area contributed by atoms with Gasteiger partial charge in [0.15, 0.2) is 0 Å². The molecule has 1 aliphatic carbocycles. The molecule has 0 amide bonds. The molecule has 0 bridgehead atoms. The number of rotatable bonds is 5. The highest BCUT2D eigenvalue weighted by atomic mass is 35.5. The normalized spacial score (nSPS) is 18.9. The van der Waals surface area contributed by atoms with Crippen LogP contribution in [-0.4, -0.2) is 59.6 Å². The lowest BCUT2D eigenvalue weighted by atomic mass is 9.87. The Morgan fingerprint density at radius 3 is 2.56 bits per heavy atom. The van der Waals surface area contributed by atoms with Crippen molar-refractivity contribution >= 4 is 54.8 Å². The van der Waals surface area contributed by atoms with Crippen LogP contribution >= 0.6 is 34.5 Å². The second-order valence-corrected chi connectivity index (χ2v) is 14.2. The quantitative estimate of drug-likeness (QED) is 0.312. The molecule has 204 valence electrons. The molecule has 0 N–H and O–H groups in total. The number of halogens is 2. The number of aryl methyl sites for hydroxylation is 1. The summed E-state index contributed by atoms with van der Waals surface area (Å²) in [4.78, 5) is 21.3. The van der Waals surface area contributed by atoms with E-state index in [0.29, 0.717) is 33.4 Å². The van der Waals surface area contributed by atoms with Crippen molar-refractivity contribution in [1.29, 1.82) is 0 Å². The third-order valence-corrected chi connectivity index (χ3v) is 10.7. The van der Waals surface area contributed by atoms with Gasteiger partial charge >= 0.3 is 0 Å². The molecule has 4 aromatic rings. The van der Waals surface area contributed by atoms with E-state index in [9.17, 15) is 13.2 Å². The van der Waals surface area contributed by atoms with E-state index in [4.69, 9.17) is 23.2 Å². The largest absolute Gasteiger partial charge is 0.296 e. The Morgan fingerprint density at radius 1 is 1.03 bits per heavy atom. The summed E-state index contributed by atoms with van der Waals surface area (Å²) in [6, 6.07) is 14.0. The monoisotopic (exact) mass is 602 g/mol. The van der Waals surface area contributed by atoms with Gasteiger partial charge in [0, 0.05) is 54.2 Å². The first-order valence-corrected chi connectivity index (χ1v) is 16.3. The summed E-state index contributed by atoms with van der Waals surface area (Å²) in [5.41, 5.74) is 5.35. The number of hydrogen-bond acceptors (Lipinski definition) is 6. The average Bonchev–Trinajstić information content (AvgIpc) is 3.33. The Hall–Kier alpha value is -2.27. The molecule has 7 nitrogen and oxygen atoms in total. The number of nitrogens with zero attached hydrogens (tertiary/aromatic N) is 4. The van der Waals surface area contributed by atoms with Gasteiger partial charge < -0.3 is 0 Å². The maximum Gasteiger partial charge on any atom is 0.271 e. The maximum atomic E-state index is 13.5. The fourth-order valence-corrected chi connectivity index (χ4v) is 8.09. The van der Waals surface area contributed by atoms with Crippen LogP contribution in [0, 0.1) is 0 Å². The van der Waals surface area contributed by atoms with Crippen molar-refractivity contribution < 1.29 is 8.42 Å². The number of fused-ring (bicyclic) bond motifs is 2. The van der Waals surface area contributed by atoms with Crippen LogP contribution in [-0.2, 0) is 29.4 Å². The summed E-state index contributed by atoms with van der Waals surface area (Å²) in [6.07, 6.45) is 5.52. The van der Waals surface area contributed by atoms with Crippen LogP contribution in [0.15, 0.2) is 53.6 Å². The second-order valence-electron chi connectivity index (χ2n) is 10.3. The van der Waals surface area contributed by atoms with Crippen molar-refractivity contribution in [2.24, 2.45) is 0 Å². The standard InChI is InChI=1S/C28H28Cl2N4O3S2/c1-39(36,37)33-10-8-32(9-11-33)16-18-2-3-20-13-22(6-4-19(20)12-18)34-17-31-25-15-26(38-27(25)28(34)35)23-7-5-21(29)14-24(23)30/h2-3,5,7,12,14-15,17,22H,4,6,8-11,13,16H2,1H3/t22-/m0/s1. The summed E-state index contributed by atoms with van der Waals surface area (Å²) >= 11 is 13.9. The van der Waals surface area contributed by atoms with Crippen LogP contribution in [0.3, 0.4) is 0 Å². The van der Waals surface area contributed by atoms with Crippen molar-refractivity contribution in [3.8, 4) is 10.4 Å². The van der Waals surface area contributed by atoms with Gasteiger partial charge in [-0.25, -0.2) is 13.4 Å². The van der Waals surface area contributed by atoms with Gasteiger partial charge in [-0.2, -0.15) is 4.31 Å². The lowest BCUT2D eigenvalue weighted by molar-refractivity contribution is 0.182. The summed E-state index contributed by atoms with van der Waals surface area (Å²) < 4.78 is 27.5. The van der Waals surface area contributed by atoms with E-state index in [1.54, 1.807) is 27.3 Å². The SMILES string of the molecule is CS(=O)(=O)N1CCN(Cc2ccc3c(c2)CC[C@H](n2cnc4cc(-c5ccc(Cl)cc5Cl)sc4c2=O)C3)CC1. The maximum absolute atomic E-state index is 13.5. The molecular formula is C28H28Cl2N4O3S2. The molecule has 2 aromatic carbocycles. The number of thiophene rings is 1. The fraction of sp³-hybridized carbons (Fsp3) is 0.357. The van der Waals surface area contributed by atoms with Gasteiger partial charge in [-0.3, -0.25) is 14.3 Å². The molecule has 1 aliphatic heterocycles. The third kappa shape index (κ3) is 5.53. The van der Waals surface area contributed by atoms with E-state index in [-0.39, 0.29) is 11.6 Å². The van der Waals surface area contributed by atoms with Gasteiger partial charge in [-0.15, -0.1) is 11.3 Å². The van der Waals surface area contributed by atoms with Gasteiger partial charge in [0.1, 0.15) is 4.70 Å². The van der Waals surface area contributed by atoms with E-state index < -0.39 is 10.0 Å². The molecule has 11 heteroatoms. The first kappa shape index (κ1) is 26.9. The van der Waals surface area contributed by atoms with Crippen molar-refractivity contribution in [1.82, 2.24) is 18.8 Å². The molecule has 0 saturated carbocycles. The van der Waals surface area contributed by atoms with Gasteiger partial charge in [-0.1, -0.05) is 47.5 Å². The van der Waals surface area contributed by atoms with Crippen LogP contribution in [0.2, 0.25) is 10.0 Å². The van der Waals surface area contributed by atoms with Crippen LogP contribution in [0.25, 0.3) is 20.7 Å². The van der Waals surface area contributed by atoms with Crippen molar-refractivity contribution in [3.05, 3.63) is 85.9 Å². The lowest BCUT2D eigenvalue weighted by Gasteiger charge is -2.33.